The highest BCUT2D eigenvalue weighted by Gasteiger charge is 2.20. The Bertz CT molecular complexity index is 1100. The van der Waals surface area contributed by atoms with E-state index >= 15 is 0 Å². The summed E-state index contributed by atoms with van der Waals surface area (Å²) in [5.41, 5.74) is 8.49. The lowest BCUT2D eigenvalue weighted by atomic mass is 10.0. The number of aromatic nitrogens is 3. The third-order valence-electron chi connectivity index (χ3n) is 5.28. The van der Waals surface area contributed by atoms with E-state index in [9.17, 15) is 9.65 Å². The molecule has 0 aliphatic carbocycles. The lowest BCUT2D eigenvalue weighted by Crippen LogP contribution is -2.43. The van der Waals surface area contributed by atoms with Crippen LogP contribution in [0.25, 0.3) is 10.9 Å². The maximum absolute atomic E-state index is 13.8. The number of nitrogens with one attached hydrogen (secondary N) is 2. The van der Waals surface area contributed by atoms with Gasteiger partial charge in [-0.3, -0.25) is 9.88 Å². The third kappa shape index (κ3) is 4.15. The fraction of sp³-hybridized carbons (Fsp3) is 0.333. The van der Waals surface area contributed by atoms with Crippen molar-refractivity contribution in [3.63, 3.8) is 0 Å². The zero-order chi connectivity index (χ0) is 21.1. The minimum atomic E-state index is -0.308. The number of nitrogens with zero attached hydrogens (tertiary/aromatic N) is 5. The van der Waals surface area contributed by atoms with Gasteiger partial charge in [-0.05, 0) is 30.7 Å². The Kier molecular flexibility index (Phi) is 5.70. The normalized spacial score (nSPS) is 15.6. The molecule has 0 amide bonds. The van der Waals surface area contributed by atoms with Gasteiger partial charge in [-0.2, -0.15) is 5.26 Å². The molecule has 1 aliphatic rings. The largest absolute Gasteiger partial charge is 0.382 e. The highest BCUT2D eigenvalue weighted by Crippen LogP contribution is 2.28. The summed E-state index contributed by atoms with van der Waals surface area (Å²) in [5, 5.41) is 16.9. The molecule has 1 saturated heterocycles. The van der Waals surface area contributed by atoms with Crippen LogP contribution in [0.4, 0.5) is 16.0 Å². The van der Waals surface area contributed by atoms with Crippen molar-refractivity contribution < 1.29 is 4.39 Å². The minimum Gasteiger partial charge on any atom is -0.382 e. The van der Waals surface area contributed by atoms with E-state index < -0.39 is 0 Å². The summed E-state index contributed by atoms with van der Waals surface area (Å²) < 4.78 is 13.8. The van der Waals surface area contributed by atoms with E-state index in [1.165, 1.54) is 18.5 Å². The Balaban J connectivity index is 1.72. The van der Waals surface area contributed by atoms with Crippen molar-refractivity contribution in [2.45, 2.75) is 19.5 Å². The zero-order valence-electron chi connectivity index (χ0n) is 16.7. The Morgan fingerprint density at radius 3 is 2.87 bits per heavy atom. The molecule has 2 aromatic heterocycles. The molecule has 8 nitrogen and oxygen atoms in total. The van der Waals surface area contributed by atoms with Crippen molar-refractivity contribution in [3.8, 4) is 6.07 Å². The standard InChI is InChI=1S/C21H23FN8/c1-13(28-21-17(10-23)20(24)26-12-27-21)16-8-14-2-3-15(22)9-18(14)29-19(16)11-30-6-4-25-5-7-30/h2-3,8-9,12-13,25H,4-7,11H2,1H3,(H3,24,26,27,28)/t13-/m0/s1. The number of anilines is 2. The molecule has 1 aliphatic heterocycles. The molecule has 1 fully saturated rings. The number of piperazine rings is 1. The van der Waals surface area contributed by atoms with Gasteiger partial charge in [-0.15, -0.1) is 0 Å². The first-order chi connectivity index (χ1) is 14.5. The first kappa shape index (κ1) is 19.9. The Morgan fingerprint density at radius 1 is 1.30 bits per heavy atom. The van der Waals surface area contributed by atoms with E-state index in [0.29, 0.717) is 17.9 Å². The van der Waals surface area contributed by atoms with E-state index in [2.05, 4.69) is 31.6 Å². The molecule has 4 rings (SSSR count). The zero-order valence-corrected chi connectivity index (χ0v) is 16.7. The van der Waals surface area contributed by atoms with Crippen LogP contribution in [0.1, 0.15) is 29.8 Å². The van der Waals surface area contributed by atoms with Crippen LogP contribution in [-0.4, -0.2) is 46.0 Å². The quantitative estimate of drug-likeness (QED) is 0.591. The van der Waals surface area contributed by atoms with Crippen molar-refractivity contribution in [2.75, 3.05) is 37.2 Å². The van der Waals surface area contributed by atoms with Gasteiger partial charge in [0, 0.05) is 44.2 Å². The van der Waals surface area contributed by atoms with Crippen molar-refractivity contribution >= 4 is 22.5 Å². The maximum Gasteiger partial charge on any atom is 0.150 e. The maximum atomic E-state index is 13.8. The molecule has 0 unspecified atom stereocenters. The van der Waals surface area contributed by atoms with Crippen LogP contribution in [0.5, 0.6) is 0 Å². The monoisotopic (exact) mass is 406 g/mol. The van der Waals surface area contributed by atoms with E-state index in [0.717, 1.165) is 42.8 Å². The second-order valence-electron chi connectivity index (χ2n) is 7.35. The Hall–Kier alpha value is -3.35. The molecule has 9 heteroatoms. The molecule has 30 heavy (non-hydrogen) atoms. The summed E-state index contributed by atoms with van der Waals surface area (Å²) in [6.07, 6.45) is 1.33. The van der Waals surface area contributed by atoms with E-state index in [-0.39, 0.29) is 23.2 Å². The van der Waals surface area contributed by atoms with Gasteiger partial charge in [0.05, 0.1) is 17.3 Å². The van der Waals surface area contributed by atoms with Gasteiger partial charge < -0.3 is 16.4 Å². The molecule has 0 saturated carbocycles. The fourth-order valence-corrected chi connectivity index (χ4v) is 3.68. The van der Waals surface area contributed by atoms with Crippen LogP contribution in [0.15, 0.2) is 30.6 Å². The van der Waals surface area contributed by atoms with Crippen molar-refractivity contribution in [1.29, 1.82) is 5.26 Å². The lowest BCUT2D eigenvalue weighted by Gasteiger charge is -2.28. The third-order valence-corrected chi connectivity index (χ3v) is 5.28. The number of rotatable bonds is 5. The topological polar surface area (TPSA) is 116 Å². The van der Waals surface area contributed by atoms with Crippen LogP contribution < -0.4 is 16.4 Å². The molecule has 0 radical (unpaired) electrons. The molecule has 154 valence electrons. The predicted molar refractivity (Wildman–Crippen MR) is 113 cm³/mol. The Labute approximate surface area is 174 Å². The molecular formula is C21H23FN8. The minimum absolute atomic E-state index is 0.135. The van der Waals surface area contributed by atoms with Crippen molar-refractivity contribution in [1.82, 2.24) is 25.2 Å². The number of pyridine rings is 1. The van der Waals surface area contributed by atoms with Crippen molar-refractivity contribution in [2.24, 2.45) is 0 Å². The number of hydrogen-bond donors (Lipinski definition) is 3. The first-order valence-electron chi connectivity index (χ1n) is 9.84. The lowest BCUT2D eigenvalue weighted by molar-refractivity contribution is 0.230. The van der Waals surface area contributed by atoms with Crippen LogP contribution in [0.3, 0.4) is 0 Å². The molecule has 0 spiro atoms. The summed E-state index contributed by atoms with van der Waals surface area (Å²) in [6, 6.07) is 8.49. The predicted octanol–water partition coefficient (Wildman–Crippen LogP) is 2.20. The van der Waals surface area contributed by atoms with Gasteiger partial charge in [0.1, 0.15) is 35.4 Å². The summed E-state index contributed by atoms with van der Waals surface area (Å²) in [4.78, 5) is 15.2. The molecule has 0 bridgehead atoms. The van der Waals surface area contributed by atoms with Gasteiger partial charge in [0.25, 0.3) is 0 Å². The van der Waals surface area contributed by atoms with Gasteiger partial charge in [0.15, 0.2) is 0 Å². The number of nitrogen functional groups attached to an aromatic ring is 1. The second kappa shape index (κ2) is 8.57. The number of nitriles is 1. The Morgan fingerprint density at radius 2 is 2.10 bits per heavy atom. The molecule has 1 aromatic carbocycles. The van der Waals surface area contributed by atoms with Crippen LogP contribution in [0.2, 0.25) is 0 Å². The number of halogens is 1. The number of hydrogen-bond acceptors (Lipinski definition) is 8. The first-order valence-corrected chi connectivity index (χ1v) is 9.84. The summed E-state index contributed by atoms with van der Waals surface area (Å²) in [6.45, 7) is 6.34. The summed E-state index contributed by atoms with van der Waals surface area (Å²) in [5.74, 6) is 0.206. The van der Waals surface area contributed by atoms with E-state index in [1.807, 2.05) is 13.0 Å². The van der Waals surface area contributed by atoms with Crippen LogP contribution in [0, 0.1) is 17.1 Å². The van der Waals surface area contributed by atoms with E-state index in [1.54, 1.807) is 6.07 Å². The number of benzene rings is 1. The smallest absolute Gasteiger partial charge is 0.150 e. The summed E-state index contributed by atoms with van der Waals surface area (Å²) in [7, 11) is 0. The van der Waals surface area contributed by atoms with Gasteiger partial charge >= 0.3 is 0 Å². The van der Waals surface area contributed by atoms with E-state index in [4.69, 9.17) is 10.7 Å². The van der Waals surface area contributed by atoms with Gasteiger partial charge in [-0.1, -0.05) is 0 Å². The number of fused-ring (bicyclic) bond motifs is 1. The van der Waals surface area contributed by atoms with Crippen LogP contribution >= 0.6 is 0 Å². The average molecular weight is 406 g/mol. The summed E-state index contributed by atoms with van der Waals surface area (Å²) >= 11 is 0. The second-order valence-corrected chi connectivity index (χ2v) is 7.35. The van der Waals surface area contributed by atoms with Gasteiger partial charge in [-0.25, -0.2) is 14.4 Å². The molecular weight excluding hydrogens is 383 g/mol. The molecule has 4 N–H and O–H groups in total. The number of nitrogens with two attached hydrogens (primary N) is 1. The van der Waals surface area contributed by atoms with Gasteiger partial charge in [0.2, 0.25) is 0 Å². The fourth-order valence-electron chi connectivity index (χ4n) is 3.68. The molecule has 3 heterocycles. The SMILES string of the molecule is C[C@H](Nc1ncnc(N)c1C#N)c1cc2ccc(F)cc2nc1CN1CCNCC1. The molecule has 3 aromatic rings. The highest BCUT2D eigenvalue weighted by molar-refractivity contribution is 5.80. The average Bonchev–Trinajstić information content (AvgIpc) is 2.74. The van der Waals surface area contributed by atoms with Crippen molar-refractivity contribution in [3.05, 3.63) is 53.2 Å². The molecule has 1 atom stereocenters. The highest BCUT2D eigenvalue weighted by atomic mass is 19.1. The van der Waals surface area contributed by atoms with Crippen LogP contribution in [-0.2, 0) is 6.54 Å².